The zero-order valence-corrected chi connectivity index (χ0v) is 14.3. The van der Waals surface area contributed by atoms with Crippen LogP contribution < -0.4 is 10.5 Å². The summed E-state index contributed by atoms with van der Waals surface area (Å²) in [5.74, 6) is 0.379. The topological polar surface area (TPSA) is 58.2 Å². The van der Waals surface area contributed by atoms with Gasteiger partial charge in [-0.3, -0.25) is 9.78 Å². The molecule has 134 valence electrons. The fourth-order valence-corrected chi connectivity index (χ4v) is 3.25. The Morgan fingerprint density at radius 3 is 2.62 bits per heavy atom. The highest BCUT2D eigenvalue weighted by Gasteiger charge is 2.21. The van der Waals surface area contributed by atoms with E-state index in [9.17, 15) is 9.18 Å². The number of nitrogens with zero attached hydrogens (tertiary/aromatic N) is 2. The third-order valence-electron chi connectivity index (χ3n) is 4.74. The number of rotatable bonds is 4. The minimum Gasteiger partial charge on any atom is -0.373 e. The summed E-state index contributed by atoms with van der Waals surface area (Å²) >= 11 is 0. The number of fused-ring (bicyclic) bond motifs is 1. The van der Waals surface area contributed by atoms with Crippen molar-refractivity contribution in [3.8, 4) is 0 Å². The van der Waals surface area contributed by atoms with Crippen molar-refractivity contribution in [2.75, 3.05) is 18.0 Å². The molecule has 1 aliphatic rings. The highest BCUT2D eigenvalue weighted by Crippen LogP contribution is 2.20. The van der Waals surface area contributed by atoms with Gasteiger partial charge in [0.2, 0.25) is 5.95 Å². The summed E-state index contributed by atoms with van der Waals surface area (Å²) < 4.78 is 18.9. The van der Waals surface area contributed by atoms with Crippen LogP contribution >= 0.6 is 0 Å². The first-order valence-electron chi connectivity index (χ1n) is 8.79. The molecule has 4 rings (SSSR count). The standard InChI is InChI=1S/C20H20FN3O2/c21-15-7-5-14(6-8-15)13-26-16-9-11-24(12-10-16)20-22-18-4-2-1-3-17(18)19(25)23-20/h1-8,16H,9-13H2,(H,22,23,25). The molecule has 26 heavy (non-hydrogen) atoms. The van der Waals surface area contributed by atoms with Crippen LogP contribution in [0.3, 0.4) is 0 Å². The Labute approximate surface area is 150 Å². The number of aromatic nitrogens is 2. The molecule has 1 saturated heterocycles. The van der Waals surface area contributed by atoms with Crippen molar-refractivity contribution < 1.29 is 9.13 Å². The number of ether oxygens (including phenoxy) is 1. The van der Waals surface area contributed by atoms with Gasteiger partial charge in [-0.15, -0.1) is 0 Å². The van der Waals surface area contributed by atoms with Gasteiger partial charge < -0.3 is 9.64 Å². The maximum absolute atomic E-state index is 12.9. The molecule has 0 unspecified atom stereocenters. The number of para-hydroxylation sites is 1. The lowest BCUT2D eigenvalue weighted by Crippen LogP contribution is -2.38. The lowest BCUT2D eigenvalue weighted by molar-refractivity contribution is 0.0249. The number of hydrogen-bond donors (Lipinski definition) is 1. The third-order valence-corrected chi connectivity index (χ3v) is 4.74. The van der Waals surface area contributed by atoms with E-state index in [2.05, 4.69) is 14.9 Å². The molecule has 0 aliphatic carbocycles. The van der Waals surface area contributed by atoms with Crippen LogP contribution in [0.4, 0.5) is 10.3 Å². The van der Waals surface area contributed by atoms with Crippen molar-refractivity contribution in [1.29, 1.82) is 0 Å². The molecule has 0 spiro atoms. The van der Waals surface area contributed by atoms with Gasteiger partial charge in [-0.1, -0.05) is 24.3 Å². The van der Waals surface area contributed by atoms with Crippen LogP contribution in [0.2, 0.25) is 0 Å². The average molecular weight is 353 g/mol. The Bertz CT molecular complexity index is 947. The molecule has 0 radical (unpaired) electrons. The Hall–Kier alpha value is -2.73. The summed E-state index contributed by atoms with van der Waals surface area (Å²) in [6.45, 7) is 2.03. The van der Waals surface area contributed by atoms with E-state index >= 15 is 0 Å². The monoisotopic (exact) mass is 353 g/mol. The Balaban J connectivity index is 1.37. The van der Waals surface area contributed by atoms with Gasteiger partial charge in [-0.05, 0) is 42.7 Å². The molecule has 0 saturated carbocycles. The van der Waals surface area contributed by atoms with E-state index in [-0.39, 0.29) is 17.5 Å². The largest absolute Gasteiger partial charge is 0.373 e. The van der Waals surface area contributed by atoms with Gasteiger partial charge in [0.1, 0.15) is 5.82 Å². The van der Waals surface area contributed by atoms with Crippen molar-refractivity contribution >= 4 is 16.9 Å². The fraction of sp³-hybridized carbons (Fsp3) is 0.300. The Kier molecular flexibility index (Phi) is 4.67. The average Bonchev–Trinajstić information content (AvgIpc) is 2.68. The highest BCUT2D eigenvalue weighted by atomic mass is 19.1. The SMILES string of the molecule is O=c1[nH]c(N2CCC(OCc3ccc(F)cc3)CC2)nc2ccccc12. The molecule has 1 aromatic heterocycles. The second-order valence-corrected chi connectivity index (χ2v) is 6.53. The Morgan fingerprint density at radius 2 is 1.85 bits per heavy atom. The maximum atomic E-state index is 12.9. The lowest BCUT2D eigenvalue weighted by atomic mass is 10.1. The predicted molar refractivity (Wildman–Crippen MR) is 98.8 cm³/mol. The van der Waals surface area contributed by atoms with E-state index in [1.165, 1.54) is 12.1 Å². The third kappa shape index (κ3) is 3.60. The number of hydrogen-bond acceptors (Lipinski definition) is 4. The van der Waals surface area contributed by atoms with E-state index in [0.29, 0.717) is 23.5 Å². The molecule has 3 aromatic rings. The second-order valence-electron chi connectivity index (χ2n) is 6.53. The van der Waals surface area contributed by atoms with E-state index < -0.39 is 0 Å². The number of piperidine rings is 1. The summed E-state index contributed by atoms with van der Waals surface area (Å²) in [5, 5.41) is 0.605. The summed E-state index contributed by atoms with van der Waals surface area (Å²) in [5.41, 5.74) is 1.57. The molecule has 1 fully saturated rings. The molecule has 5 nitrogen and oxygen atoms in total. The van der Waals surface area contributed by atoms with Crippen LogP contribution in [-0.2, 0) is 11.3 Å². The molecule has 1 aliphatic heterocycles. The van der Waals surface area contributed by atoms with Gasteiger partial charge in [0, 0.05) is 13.1 Å². The van der Waals surface area contributed by atoms with Gasteiger partial charge in [-0.2, -0.15) is 0 Å². The minimum atomic E-state index is -0.237. The zero-order valence-electron chi connectivity index (χ0n) is 14.3. The molecule has 0 amide bonds. The fourth-order valence-electron chi connectivity index (χ4n) is 3.25. The van der Waals surface area contributed by atoms with Gasteiger partial charge in [0.15, 0.2) is 0 Å². The maximum Gasteiger partial charge on any atom is 0.260 e. The first-order chi connectivity index (χ1) is 12.7. The van der Waals surface area contributed by atoms with Crippen LogP contribution in [0, 0.1) is 5.82 Å². The number of nitrogens with one attached hydrogen (secondary N) is 1. The van der Waals surface area contributed by atoms with E-state index in [1.807, 2.05) is 18.2 Å². The summed E-state index contributed by atoms with van der Waals surface area (Å²) in [6, 6.07) is 13.7. The van der Waals surface area contributed by atoms with Crippen LogP contribution in [0.25, 0.3) is 10.9 Å². The number of halogens is 1. The predicted octanol–water partition coefficient (Wildman–Crippen LogP) is 3.25. The van der Waals surface area contributed by atoms with Crippen molar-refractivity contribution in [3.63, 3.8) is 0 Å². The van der Waals surface area contributed by atoms with Crippen molar-refractivity contribution in [3.05, 3.63) is 70.3 Å². The second kappa shape index (κ2) is 7.25. The van der Waals surface area contributed by atoms with E-state index in [4.69, 9.17) is 4.74 Å². The molecule has 2 heterocycles. The molecule has 0 atom stereocenters. The number of benzene rings is 2. The molecular weight excluding hydrogens is 333 g/mol. The van der Waals surface area contributed by atoms with E-state index in [0.717, 1.165) is 31.5 Å². The highest BCUT2D eigenvalue weighted by molar-refractivity contribution is 5.78. The lowest BCUT2D eigenvalue weighted by Gasteiger charge is -2.32. The molecule has 2 aromatic carbocycles. The van der Waals surface area contributed by atoms with Crippen LogP contribution in [0.1, 0.15) is 18.4 Å². The quantitative estimate of drug-likeness (QED) is 0.782. The molecule has 6 heteroatoms. The summed E-state index contributed by atoms with van der Waals surface area (Å²) in [4.78, 5) is 21.8. The first kappa shape index (κ1) is 16.7. The minimum absolute atomic E-state index is 0.111. The van der Waals surface area contributed by atoms with Crippen molar-refractivity contribution in [2.45, 2.75) is 25.6 Å². The van der Waals surface area contributed by atoms with Crippen molar-refractivity contribution in [1.82, 2.24) is 9.97 Å². The Morgan fingerprint density at radius 1 is 1.12 bits per heavy atom. The van der Waals surface area contributed by atoms with Crippen LogP contribution in [-0.4, -0.2) is 29.2 Å². The zero-order chi connectivity index (χ0) is 17.9. The van der Waals surface area contributed by atoms with Gasteiger partial charge in [-0.25, -0.2) is 9.37 Å². The van der Waals surface area contributed by atoms with E-state index in [1.54, 1.807) is 18.2 Å². The molecular formula is C20H20FN3O2. The van der Waals surface area contributed by atoms with Gasteiger partial charge in [0.25, 0.3) is 5.56 Å². The number of aromatic amines is 1. The van der Waals surface area contributed by atoms with Crippen LogP contribution in [0.15, 0.2) is 53.3 Å². The number of H-pyrrole nitrogens is 1. The summed E-state index contributed by atoms with van der Waals surface area (Å²) in [7, 11) is 0. The van der Waals surface area contributed by atoms with Crippen LogP contribution in [0.5, 0.6) is 0 Å². The molecule has 0 bridgehead atoms. The van der Waals surface area contributed by atoms with Crippen molar-refractivity contribution in [2.24, 2.45) is 0 Å². The van der Waals surface area contributed by atoms with Gasteiger partial charge >= 0.3 is 0 Å². The smallest absolute Gasteiger partial charge is 0.260 e. The summed E-state index contributed by atoms with van der Waals surface area (Å²) in [6.07, 6.45) is 1.87. The first-order valence-corrected chi connectivity index (χ1v) is 8.79. The normalized spacial score (nSPS) is 15.5. The van der Waals surface area contributed by atoms with Gasteiger partial charge in [0.05, 0.1) is 23.6 Å². The molecule has 1 N–H and O–H groups in total. The number of anilines is 1.